The van der Waals surface area contributed by atoms with Crippen LogP contribution in [0.25, 0.3) is 33.1 Å². The Balaban J connectivity index is 1.56. The van der Waals surface area contributed by atoms with Gasteiger partial charge >= 0.3 is 0 Å². The van der Waals surface area contributed by atoms with E-state index < -0.39 is 0 Å². The highest BCUT2D eigenvalue weighted by Crippen LogP contribution is 2.35. The van der Waals surface area contributed by atoms with Crippen molar-refractivity contribution in [1.29, 1.82) is 0 Å². The zero-order chi connectivity index (χ0) is 20.7. The van der Waals surface area contributed by atoms with Gasteiger partial charge in [0, 0.05) is 34.9 Å². The van der Waals surface area contributed by atoms with E-state index in [1.807, 2.05) is 55.6 Å². The first kappa shape index (κ1) is 18.6. The van der Waals surface area contributed by atoms with E-state index in [1.165, 1.54) is 6.07 Å². The summed E-state index contributed by atoms with van der Waals surface area (Å²) >= 11 is 6.43. The van der Waals surface area contributed by atoms with E-state index in [0.717, 1.165) is 38.8 Å². The van der Waals surface area contributed by atoms with Gasteiger partial charge in [0.2, 0.25) is 0 Å². The van der Waals surface area contributed by atoms with Crippen molar-refractivity contribution in [1.82, 2.24) is 15.0 Å². The summed E-state index contributed by atoms with van der Waals surface area (Å²) in [6, 6.07) is 16.5. The molecule has 0 aliphatic rings. The third kappa shape index (κ3) is 3.17. The maximum Gasteiger partial charge on any atom is 0.137 e. The lowest BCUT2D eigenvalue weighted by Crippen LogP contribution is -2.10. The minimum absolute atomic E-state index is 0.271. The standard InChI is InChI=1S/C24H18ClFN4/c1-14(30-23-18-4-2-3-5-22(18)29-13-20(23)25)19-12-15(6-7-21(19)26)16-8-10-27-24-17(16)9-11-28-24/h2-14H,1H3,(H,27,28)(H,29,30)/t14-/m1/s1. The molecule has 0 fully saturated rings. The first-order valence-corrected chi connectivity index (χ1v) is 10.0. The minimum Gasteiger partial charge on any atom is -0.377 e. The molecule has 0 spiro atoms. The highest BCUT2D eigenvalue weighted by atomic mass is 35.5. The van der Waals surface area contributed by atoms with Gasteiger partial charge in [-0.3, -0.25) is 4.98 Å². The first-order chi connectivity index (χ1) is 14.6. The maximum atomic E-state index is 14.8. The van der Waals surface area contributed by atoms with Crippen molar-refractivity contribution in [3.63, 3.8) is 0 Å². The van der Waals surface area contributed by atoms with Crippen LogP contribution in [0.5, 0.6) is 0 Å². The molecule has 1 atom stereocenters. The monoisotopic (exact) mass is 416 g/mol. The van der Waals surface area contributed by atoms with Crippen LogP contribution in [-0.4, -0.2) is 15.0 Å². The number of hydrogen-bond donors (Lipinski definition) is 2. The molecule has 0 aliphatic carbocycles. The van der Waals surface area contributed by atoms with Crippen molar-refractivity contribution in [2.45, 2.75) is 13.0 Å². The molecule has 0 radical (unpaired) electrons. The summed E-state index contributed by atoms with van der Waals surface area (Å²) in [6.07, 6.45) is 5.22. The Morgan fingerprint density at radius 3 is 2.80 bits per heavy atom. The fourth-order valence-corrected chi connectivity index (χ4v) is 4.02. The van der Waals surface area contributed by atoms with Gasteiger partial charge in [-0.2, -0.15) is 0 Å². The van der Waals surface area contributed by atoms with Crippen LogP contribution in [-0.2, 0) is 0 Å². The second kappa shape index (κ2) is 7.43. The molecule has 5 rings (SSSR count). The summed E-state index contributed by atoms with van der Waals surface area (Å²) in [7, 11) is 0. The smallest absolute Gasteiger partial charge is 0.137 e. The van der Waals surface area contributed by atoms with Crippen molar-refractivity contribution in [2.24, 2.45) is 0 Å². The maximum absolute atomic E-state index is 14.8. The Hall–Kier alpha value is -3.44. The van der Waals surface area contributed by atoms with Gasteiger partial charge in [-0.15, -0.1) is 0 Å². The van der Waals surface area contributed by atoms with E-state index in [4.69, 9.17) is 11.6 Å². The highest BCUT2D eigenvalue weighted by molar-refractivity contribution is 6.34. The molecule has 0 saturated heterocycles. The first-order valence-electron chi connectivity index (χ1n) is 9.63. The molecule has 30 heavy (non-hydrogen) atoms. The lowest BCUT2D eigenvalue weighted by molar-refractivity contribution is 0.600. The third-order valence-corrected chi connectivity index (χ3v) is 5.61. The highest BCUT2D eigenvalue weighted by Gasteiger charge is 2.16. The van der Waals surface area contributed by atoms with Crippen LogP contribution < -0.4 is 5.32 Å². The van der Waals surface area contributed by atoms with Crippen LogP contribution in [0.3, 0.4) is 0 Å². The number of benzene rings is 2. The normalized spacial score (nSPS) is 12.4. The van der Waals surface area contributed by atoms with Crippen molar-refractivity contribution >= 4 is 39.2 Å². The van der Waals surface area contributed by atoms with Crippen molar-refractivity contribution in [2.75, 3.05) is 5.32 Å². The lowest BCUT2D eigenvalue weighted by atomic mass is 9.98. The molecule has 5 aromatic rings. The fraction of sp³-hybridized carbons (Fsp3) is 0.0833. The second-order valence-corrected chi connectivity index (χ2v) is 7.61. The summed E-state index contributed by atoms with van der Waals surface area (Å²) < 4.78 is 14.8. The average molecular weight is 417 g/mol. The van der Waals surface area contributed by atoms with Gasteiger partial charge in [0.1, 0.15) is 11.5 Å². The van der Waals surface area contributed by atoms with Crippen LogP contribution in [0.2, 0.25) is 5.02 Å². The summed E-state index contributed by atoms with van der Waals surface area (Å²) in [5.74, 6) is -0.271. The summed E-state index contributed by atoms with van der Waals surface area (Å²) in [5, 5.41) is 5.79. The number of nitrogens with zero attached hydrogens (tertiary/aromatic N) is 2. The molecule has 0 amide bonds. The number of hydrogen-bond acceptors (Lipinski definition) is 3. The van der Waals surface area contributed by atoms with Crippen molar-refractivity contribution in [3.8, 4) is 11.1 Å². The van der Waals surface area contributed by atoms with Crippen LogP contribution >= 0.6 is 11.6 Å². The van der Waals surface area contributed by atoms with E-state index >= 15 is 0 Å². The Morgan fingerprint density at radius 2 is 1.90 bits per heavy atom. The predicted molar refractivity (Wildman–Crippen MR) is 120 cm³/mol. The quantitative estimate of drug-likeness (QED) is 0.341. The number of anilines is 1. The SMILES string of the molecule is C[C@@H](Nc1c(Cl)cnc2ccccc12)c1cc(-c2ccnc3[nH]ccc23)ccc1F. The van der Waals surface area contributed by atoms with E-state index in [9.17, 15) is 4.39 Å². The van der Waals surface area contributed by atoms with Crippen LogP contribution in [0, 0.1) is 5.82 Å². The third-order valence-electron chi connectivity index (χ3n) is 5.32. The number of halogens is 2. The summed E-state index contributed by atoms with van der Waals surface area (Å²) in [4.78, 5) is 11.8. The number of aromatic amines is 1. The molecule has 2 N–H and O–H groups in total. The van der Waals surface area contributed by atoms with Crippen LogP contribution in [0.15, 0.2) is 73.2 Å². The van der Waals surface area contributed by atoms with Gasteiger partial charge in [-0.05, 0) is 48.4 Å². The molecule has 3 heterocycles. The number of nitrogens with one attached hydrogen (secondary N) is 2. The number of fused-ring (bicyclic) bond motifs is 2. The van der Waals surface area contributed by atoms with Crippen LogP contribution in [0.1, 0.15) is 18.5 Å². The number of rotatable bonds is 4. The zero-order valence-electron chi connectivity index (χ0n) is 16.2. The lowest BCUT2D eigenvalue weighted by Gasteiger charge is -2.20. The molecule has 2 aromatic carbocycles. The molecule has 0 bridgehead atoms. The Bertz CT molecular complexity index is 1380. The molecular formula is C24H18ClFN4. The fourth-order valence-electron chi connectivity index (χ4n) is 3.81. The van der Waals surface area contributed by atoms with Crippen molar-refractivity contribution in [3.05, 3.63) is 89.6 Å². The van der Waals surface area contributed by atoms with Gasteiger partial charge < -0.3 is 10.3 Å². The van der Waals surface area contributed by atoms with Crippen LogP contribution in [0.4, 0.5) is 10.1 Å². The Morgan fingerprint density at radius 1 is 1.03 bits per heavy atom. The average Bonchev–Trinajstić information content (AvgIpc) is 3.25. The van der Waals surface area contributed by atoms with E-state index in [2.05, 4.69) is 20.3 Å². The molecule has 4 nitrogen and oxygen atoms in total. The Labute approximate surface area is 177 Å². The molecule has 6 heteroatoms. The predicted octanol–water partition coefficient (Wildman–Crippen LogP) is 6.74. The minimum atomic E-state index is -0.309. The molecular weight excluding hydrogens is 399 g/mol. The van der Waals surface area contributed by atoms with E-state index in [0.29, 0.717) is 10.6 Å². The van der Waals surface area contributed by atoms with E-state index in [1.54, 1.807) is 18.5 Å². The van der Waals surface area contributed by atoms with Gasteiger partial charge in [-0.1, -0.05) is 35.9 Å². The number of pyridine rings is 2. The summed E-state index contributed by atoms with van der Waals surface area (Å²) in [6.45, 7) is 1.92. The van der Waals surface area contributed by atoms with Gasteiger partial charge in [0.15, 0.2) is 0 Å². The van der Waals surface area contributed by atoms with E-state index in [-0.39, 0.29) is 11.9 Å². The van der Waals surface area contributed by atoms with Gasteiger partial charge in [0.05, 0.1) is 22.3 Å². The molecule has 3 aromatic heterocycles. The molecule has 0 unspecified atom stereocenters. The van der Waals surface area contributed by atoms with Crippen molar-refractivity contribution < 1.29 is 4.39 Å². The molecule has 148 valence electrons. The number of H-pyrrole nitrogens is 1. The number of aromatic nitrogens is 3. The summed E-state index contributed by atoms with van der Waals surface area (Å²) in [5.41, 5.74) is 4.87. The zero-order valence-corrected chi connectivity index (χ0v) is 16.9. The molecule has 0 saturated carbocycles. The Kier molecular flexibility index (Phi) is 4.60. The molecule has 0 aliphatic heterocycles. The number of para-hydroxylation sites is 1. The topological polar surface area (TPSA) is 53.6 Å². The second-order valence-electron chi connectivity index (χ2n) is 7.20. The largest absolute Gasteiger partial charge is 0.377 e. The van der Waals surface area contributed by atoms with Gasteiger partial charge in [-0.25, -0.2) is 9.37 Å². The van der Waals surface area contributed by atoms with Gasteiger partial charge in [0.25, 0.3) is 0 Å².